The Morgan fingerprint density at radius 3 is 2.75 bits per heavy atom. The second-order valence-corrected chi connectivity index (χ2v) is 8.70. The summed E-state index contributed by atoms with van der Waals surface area (Å²) in [6, 6.07) is 9.30. The van der Waals surface area contributed by atoms with Gasteiger partial charge in [0.15, 0.2) is 0 Å². The first-order valence-corrected chi connectivity index (χ1v) is 11.3. The molecule has 0 bridgehead atoms. The summed E-state index contributed by atoms with van der Waals surface area (Å²) in [6.07, 6.45) is 4.65. The van der Waals surface area contributed by atoms with Crippen LogP contribution < -0.4 is 16.0 Å². The first-order valence-electron chi connectivity index (χ1n) is 11.3. The van der Waals surface area contributed by atoms with E-state index in [1.165, 1.54) is 0 Å². The predicted molar refractivity (Wildman–Crippen MR) is 119 cm³/mol. The first kappa shape index (κ1) is 20.6. The van der Waals surface area contributed by atoms with Crippen molar-refractivity contribution in [3.8, 4) is 0 Å². The molecule has 8 heteroatoms. The van der Waals surface area contributed by atoms with Crippen molar-refractivity contribution in [1.82, 2.24) is 20.5 Å². The second kappa shape index (κ2) is 8.70. The van der Waals surface area contributed by atoms with Crippen LogP contribution in [-0.4, -0.2) is 46.7 Å². The lowest BCUT2D eigenvalue weighted by Gasteiger charge is -2.29. The summed E-state index contributed by atoms with van der Waals surface area (Å²) >= 11 is 0. The number of carbonyl (C=O) groups is 3. The number of fused-ring (bicyclic) bond motifs is 1. The van der Waals surface area contributed by atoms with E-state index in [4.69, 9.17) is 0 Å². The highest BCUT2D eigenvalue weighted by Gasteiger charge is 2.39. The molecule has 166 valence electrons. The molecule has 1 unspecified atom stereocenters. The number of nitrogens with one attached hydrogen (secondary N) is 3. The molecule has 2 aromatic rings. The number of imide groups is 1. The van der Waals surface area contributed by atoms with Crippen molar-refractivity contribution in [1.29, 1.82) is 0 Å². The maximum atomic E-state index is 13.2. The van der Waals surface area contributed by atoms with Crippen LogP contribution in [0.5, 0.6) is 0 Å². The molecule has 3 aliphatic rings. The predicted octanol–water partition coefficient (Wildman–Crippen LogP) is 1.92. The molecule has 32 heavy (non-hydrogen) atoms. The van der Waals surface area contributed by atoms with Crippen molar-refractivity contribution in [3.63, 3.8) is 0 Å². The number of piperidine rings is 2. The number of amides is 3. The summed E-state index contributed by atoms with van der Waals surface area (Å²) in [5.74, 6) is -0.328. The van der Waals surface area contributed by atoms with Crippen molar-refractivity contribution in [3.05, 3.63) is 58.9 Å². The molecule has 3 aliphatic heterocycles. The van der Waals surface area contributed by atoms with Gasteiger partial charge in [-0.2, -0.15) is 0 Å². The van der Waals surface area contributed by atoms with Crippen LogP contribution >= 0.6 is 0 Å². The zero-order valence-corrected chi connectivity index (χ0v) is 17.9. The summed E-state index contributed by atoms with van der Waals surface area (Å²) < 4.78 is 0. The maximum Gasteiger partial charge on any atom is 0.255 e. The molecule has 0 saturated carbocycles. The van der Waals surface area contributed by atoms with E-state index in [0.29, 0.717) is 31.0 Å². The third-order valence-electron chi connectivity index (χ3n) is 6.66. The number of hydrogen-bond acceptors (Lipinski definition) is 6. The minimum Gasteiger partial charge on any atom is -0.381 e. The molecule has 3 amide bonds. The molecule has 3 N–H and O–H groups in total. The minimum absolute atomic E-state index is 0.142. The molecule has 0 spiro atoms. The van der Waals surface area contributed by atoms with E-state index in [9.17, 15) is 14.4 Å². The fourth-order valence-corrected chi connectivity index (χ4v) is 4.93. The van der Waals surface area contributed by atoms with Crippen LogP contribution in [0.4, 0.5) is 5.69 Å². The zero-order chi connectivity index (χ0) is 22.1. The van der Waals surface area contributed by atoms with Crippen molar-refractivity contribution >= 4 is 23.4 Å². The lowest BCUT2D eigenvalue weighted by atomic mass is 9.94. The third-order valence-corrected chi connectivity index (χ3v) is 6.66. The van der Waals surface area contributed by atoms with E-state index >= 15 is 0 Å². The molecule has 1 aromatic carbocycles. The standard InChI is InChI=1S/C24H27N5O3/c30-21-5-4-20(23(31)28-21)29-14-17-3-1-2-16(22(17)24(29)32)13-27-18-8-11-26-19(12-18)15-6-9-25-10-7-15/h1-3,8,11-12,15,20,25H,4-7,9-10,13-14H2,(H,26,27)(H,28,30,31). The summed E-state index contributed by atoms with van der Waals surface area (Å²) in [7, 11) is 0. The second-order valence-electron chi connectivity index (χ2n) is 8.70. The summed E-state index contributed by atoms with van der Waals surface area (Å²) in [4.78, 5) is 43.2. The minimum atomic E-state index is -0.596. The fourth-order valence-electron chi connectivity index (χ4n) is 4.93. The van der Waals surface area contributed by atoms with Gasteiger partial charge in [0, 0.05) is 48.6 Å². The third kappa shape index (κ3) is 3.98. The van der Waals surface area contributed by atoms with Crippen molar-refractivity contribution in [2.24, 2.45) is 0 Å². The van der Waals surface area contributed by atoms with E-state index in [-0.39, 0.29) is 24.1 Å². The van der Waals surface area contributed by atoms with Gasteiger partial charge in [-0.25, -0.2) is 0 Å². The normalized spacial score (nSPS) is 21.4. The lowest BCUT2D eigenvalue weighted by molar-refractivity contribution is -0.136. The SMILES string of the molecule is O=C1CCC(N2Cc3cccc(CNc4ccnc(C5CCNCC5)c4)c3C2=O)C(=O)N1. The first-order chi connectivity index (χ1) is 15.6. The van der Waals surface area contributed by atoms with E-state index in [0.717, 1.165) is 48.4 Å². The molecule has 5 rings (SSSR count). The Balaban J connectivity index is 1.31. The summed E-state index contributed by atoms with van der Waals surface area (Å²) in [6.45, 7) is 2.94. The summed E-state index contributed by atoms with van der Waals surface area (Å²) in [5, 5.41) is 9.19. The molecule has 1 atom stereocenters. The number of anilines is 1. The molecular weight excluding hydrogens is 406 g/mol. The van der Waals surface area contributed by atoms with Crippen LogP contribution in [0.2, 0.25) is 0 Å². The Morgan fingerprint density at radius 2 is 1.94 bits per heavy atom. The van der Waals surface area contributed by atoms with Gasteiger partial charge in [-0.1, -0.05) is 18.2 Å². The van der Waals surface area contributed by atoms with Crippen molar-refractivity contribution in [2.75, 3.05) is 18.4 Å². The van der Waals surface area contributed by atoms with Crippen LogP contribution in [-0.2, 0) is 22.7 Å². The van der Waals surface area contributed by atoms with Gasteiger partial charge in [-0.15, -0.1) is 0 Å². The maximum absolute atomic E-state index is 13.2. The summed E-state index contributed by atoms with van der Waals surface area (Å²) in [5.41, 5.74) is 4.58. The Kier molecular flexibility index (Phi) is 5.61. The van der Waals surface area contributed by atoms with Gasteiger partial charge in [-0.3, -0.25) is 24.7 Å². The molecule has 1 aromatic heterocycles. The Hall–Kier alpha value is -3.26. The largest absolute Gasteiger partial charge is 0.381 e. The van der Waals surface area contributed by atoms with Gasteiger partial charge in [0.05, 0.1) is 0 Å². The van der Waals surface area contributed by atoms with Gasteiger partial charge >= 0.3 is 0 Å². The molecule has 8 nitrogen and oxygen atoms in total. The quantitative estimate of drug-likeness (QED) is 0.623. The van der Waals surface area contributed by atoms with E-state index in [1.807, 2.05) is 30.5 Å². The number of pyridine rings is 1. The molecule has 4 heterocycles. The average molecular weight is 434 g/mol. The number of hydrogen-bond donors (Lipinski definition) is 3. The van der Waals surface area contributed by atoms with Crippen LogP contribution in [0.15, 0.2) is 36.5 Å². The van der Waals surface area contributed by atoms with Crippen molar-refractivity contribution < 1.29 is 14.4 Å². The highest BCUT2D eigenvalue weighted by Crippen LogP contribution is 2.30. The molecule has 0 radical (unpaired) electrons. The molecular formula is C24H27N5O3. The topological polar surface area (TPSA) is 103 Å². The monoisotopic (exact) mass is 433 g/mol. The van der Waals surface area contributed by atoms with Crippen LogP contribution in [0, 0.1) is 0 Å². The van der Waals surface area contributed by atoms with Crippen LogP contribution in [0.1, 0.15) is 58.8 Å². The highest BCUT2D eigenvalue weighted by atomic mass is 16.2. The van der Waals surface area contributed by atoms with Gasteiger partial charge in [0.25, 0.3) is 5.91 Å². The van der Waals surface area contributed by atoms with Crippen molar-refractivity contribution in [2.45, 2.75) is 50.7 Å². The number of carbonyl (C=O) groups excluding carboxylic acids is 3. The molecule has 2 fully saturated rings. The van der Waals surface area contributed by atoms with Crippen LogP contribution in [0.25, 0.3) is 0 Å². The van der Waals surface area contributed by atoms with Gasteiger partial charge < -0.3 is 15.5 Å². The highest BCUT2D eigenvalue weighted by molar-refractivity contribution is 6.06. The zero-order valence-electron chi connectivity index (χ0n) is 17.9. The number of aromatic nitrogens is 1. The van der Waals surface area contributed by atoms with E-state index in [2.05, 4.69) is 27.0 Å². The molecule has 0 aliphatic carbocycles. The Morgan fingerprint density at radius 1 is 1.09 bits per heavy atom. The molecule has 2 saturated heterocycles. The van der Waals surface area contributed by atoms with E-state index in [1.54, 1.807) is 4.90 Å². The average Bonchev–Trinajstić information content (AvgIpc) is 3.15. The Labute approximate surface area is 186 Å². The van der Waals surface area contributed by atoms with Gasteiger partial charge in [0.1, 0.15) is 6.04 Å². The fraction of sp³-hybridized carbons (Fsp3) is 0.417. The number of nitrogens with zero attached hydrogens (tertiary/aromatic N) is 2. The van der Waals surface area contributed by atoms with E-state index < -0.39 is 6.04 Å². The van der Waals surface area contributed by atoms with Gasteiger partial charge in [0.2, 0.25) is 11.8 Å². The number of benzene rings is 1. The number of rotatable bonds is 5. The van der Waals surface area contributed by atoms with Gasteiger partial charge in [-0.05, 0) is 55.6 Å². The Bertz CT molecular complexity index is 1060. The lowest BCUT2D eigenvalue weighted by Crippen LogP contribution is -2.52. The smallest absolute Gasteiger partial charge is 0.255 e. The van der Waals surface area contributed by atoms with Crippen LogP contribution in [0.3, 0.4) is 0 Å².